The molecule has 9 heteroatoms. The molecular formula is C21H21F3N4O2. The van der Waals surface area contributed by atoms with Gasteiger partial charge in [-0.1, -0.05) is 12.8 Å². The van der Waals surface area contributed by atoms with Crippen LogP contribution in [0, 0.1) is 11.3 Å². The van der Waals surface area contributed by atoms with Crippen LogP contribution in [0.25, 0.3) is 0 Å². The van der Waals surface area contributed by atoms with E-state index in [1.165, 1.54) is 18.2 Å². The van der Waals surface area contributed by atoms with Crippen molar-refractivity contribution in [3.63, 3.8) is 0 Å². The van der Waals surface area contributed by atoms with E-state index in [1.807, 2.05) is 10.8 Å². The van der Waals surface area contributed by atoms with Crippen LogP contribution in [0.15, 0.2) is 24.4 Å². The van der Waals surface area contributed by atoms with E-state index < -0.39 is 18.2 Å². The smallest absolute Gasteiger partial charge is 0.425 e. The largest absolute Gasteiger partial charge is 0.480 e. The molecule has 1 unspecified atom stereocenters. The van der Waals surface area contributed by atoms with Crippen LogP contribution in [-0.2, 0) is 13.1 Å². The molecule has 1 atom stereocenters. The van der Waals surface area contributed by atoms with Crippen molar-refractivity contribution in [2.75, 3.05) is 0 Å². The van der Waals surface area contributed by atoms with Crippen molar-refractivity contribution in [3.8, 4) is 11.8 Å². The topological polar surface area (TPSA) is 71.2 Å². The Morgan fingerprint density at radius 2 is 2.03 bits per heavy atom. The minimum Gasteiger partial charge on any atom is -0.480 e. The van der Waals surface area contributed by atoms with Crippen molar-refractivity contribution in [2.45, 2.75) is 64.0 Å². The predicted molar refractivity (Wildman–Crippen MR) is 101 cm³/mol. The summed E-state index contributed by atoms with van der Waals surface area (Å²) in [7, 11) is 0. The van der Waals surface area contributed by atoms with Crippen LogP contribution in [-0.4, -0.2) is 32.9 Å². The van der Waals surface area contributed by atoms with Crippen molar-refractivity contribution in [2.24, 2.45) is 0 Å². The van der Waals surface area contributed by atoms with E-state index >= 15 is 0 Å². The van der Waals surface area contributed by atoms with Gasteiger partial charge in [0.1, 0.15) is 5.75 Å². The number of hydrogen-bond donors (Lipinski definition) is 0. The second-order valence-corrected chi connectivity index (χ2v) is 7.79. The predicted octanol–water partition coefficient (Wildman–Crippen LogP) is 4.36. The number of carbonyl (C=O) groups is 1. The van der Waals surface area contributed by atoms with E-state index in [-0.39, 0.29) is 16.9 Å². The summed E-state index contributed by atoms with van der Waals surface area (Å²) in [5.74, 6) is -0.650. The van der Waals surface area contributed by atoms with E-state index in [2.05, 4.69) is 5.10 Å². The molecule has 30 heavy (non-hydrogen) atoms. The molecule has 2 aliphatic rings. The van der Waals surface area contributed by atoms with Crippen molar-refractivity contribution in [1.29, 1.82) is 5.26 Å². The Kier molecular flexibility index (Phi) is 5.18. The van der Waals surface area contributed by atoms with E-state index in [0.29, 0.717) is 19.1 Å². The lowest BCUT2D eigenvalue weighted by Gasteiger charge is -2.22. The maximum Gasteiger partial charge on any atom is 0.425 e. The summed E-state index contributed by atoms with van der Waals surface area (Å²) in [5.41, 5.74) is 2.05. The highest BCUT2D eigenvalue weighted by Crippen LogP contribution is 2.35. The normalized spacial score (nSPS) is 17.6. The van der Waals surface area contributed by atoms with Gasteiger partial charge in [0.05, 0.1) is 41.7 Å². The number of hydrogen-bond acceptors (Lipinski definition) is 4. The molecule has 1 saturated carbocycles. The van der Waals surface area contributed by atoms with Crippen molar-refractivity contribution in [3.05, 3.63) is 46.8 Å². The Hall–Kier alpha value is -3.02. The van der Waals surface area contributed by atoms with Gasteiger partial charge in [-0.3, -0.25) is 9.48 Å². The highest BCUT2D eigenvalue weighted by molar-refractivity contribution is 5.97. The maximum atomic E-state index is 13.2. The number of benzene rings is 1. The molecule has 1 aliphatic carbocycles. The van der Waals surface area contributed by atoms with Gasteiger partial charge >= 0.3 is 6.18 Å². The fourth-order valence-corrected chi connectivity index (χ4v) is 4.08. The molecule has 0 spiro atoms. The van der Waals surface area contributed by atoms with Gasteiger partial charge in [-0.2, -0.15) is 23.5 Å². The SMILES string of the molecule is CC(Oc1ccc(C#N)cc1C(=O)N1Cc2cnn(C3CCCC3)c2C1)C(F)(F)F. The van der Waals surface area contributed by atoms with Gasteiger partial charge in [-0.05, 0) is 38.0 Å². The summed E-state index contributed by atoms with van der Waals surface area (Å²) >= 11 is 0. The molecule has 1 aromatic heterocycles. The molecule has 0 saturated heterocycles. The van der Waals surface area contributed by atoms with Crippen LogP contribution < -0.4 is 4.74 Å². The summed E-state index contributed by atoms with van der Waals surface area (Å²) in [6.07, 6.45) is -0.469. The van der Waals surface area contributed by atoms with E-state index in [4.69, 9.17) is 4.74 Å². The zero-order valence-corrected chi connectivity index (χ0v) is 16.4. The van der Waals surface area contributed by atoms with Gasteiger partial charge in [0, 0.05) is 12.1 Å². The Morgan fingerprint density at radius 1 is 1.30 bits per heavy atom. The zero-order chi connectivity index (χ0) is 21.5. The Labute approximate surface area is 171 Å². The standard InChI is InChI=1S/C21H21F3N4O2/c1-13(21(22,23)24)30-19-7-6-14(9-25)8-17(19)20(29)27-11-15-10-26-28(18(15)12-27)16-4-2-3-5-16/h6-8,10,13,16H,2-5,11-12H2,1H3. The number of ether oxygens (including phenoxy) is 1. The van der Waals surface area contributed by atoms with Crippen LogP contribution in [0.1, 0.15) is 65.8 Å². The highest BCUT2D eigenvalue weighted by atomic mass is 19.4. The first-order valence-corrected chi connectivity index (χ1v) is 9.90. The van der Waals surface area contributed by atoms with Crippen LogP contribution >= 0.6 is 0 Å². The Balaban J connectivity index is 1.59. The van der Waals surface area contributed by atoms with Crippen molar-refractivity contribution < 1.29 is 22.7 Å². The Morgan fingerprint density at radius 3 is 2.70 bits per heavy atom. The molecule has 0 radical (unpaired) electrons. The van der Waals surface area contributed by atoms with Gasteiger partial charge in [-0.25, -0.2) is 0 Å². The molecule has 4 rings (SSSR count). The van der Waals surface area contributed by atoms with Gasteiger partial charge < -0.3 is 9.64 Å². The quantitative estimate of drug-likeness (QED) is 0.740. The number of carbonyl (C=O) groups excluding carboxylic acids is 1. The van der Waals surface area contributed by atoms with Gasteiger partial charge in [0.15, 0.2) is 6.10 Å². The summed E-state index contributed by atoms with van der Waals surface area (Å²) in [5, 5.41) is 13.7. The third kappa shape index (κ3) is 3.74. The first-order valence-electron chi connectivity index (χ1n) is 9.90. The minimum absolute atomic E-state index is 0.0457. The molecule has 2 heterocycles. The van der Waals surface area contributed by atoms with Crippen LogP contribution in [0.4, 0.5) is 13.2 Å². The molecule has 6 nitrogen and oxygen atoms in total. The number of rotatable bonds is 4. The number of halogens is 3. The van der Waals surface area contributed by atoms with Gasteiger partial charge in [0.25, 0.3) is 5.91 Å². The maximum absolute atomic E-state index is 13.2. The summed E-state index contributed by atoms with van der Waals surface area (Å²) in [4.78, 5) is 14.7. The lowest BCUT2D eigenvalue weighted by atomic mass is 10.1. The second kappa shape index (κ2) is 7.67. The average Bonchev–Trinajstić information content (AvgIpc) is 3.43. The molecule has 1 amide bonds. The molecule has 2 aromatic rings. The monoisotopic (exact) mass is 418 g/mol. The Bertz CT molecular complexity index is 1000. The number of nitrogens with zero attached hydrogens (tertiary/aromatic N) is 4. The third-order valence-electron chi connectivity index (χ3n) is 5.75. The lowest BCUT2D eigenvalue weighted by molar-refractivity contribution is -0.189. The third-order valence-corrected chi connectivity index (χ3v) is 5.75. The first-order chi connectivity index (χ1) is 14.3. The van der Waals surface area contributed by atoms with E-state index in [0.717, 1.165) is 43.9 Å². The van der Waals surface area contributed by atoms with Crippen molar-refractivity contribution in [1.82, 2.24) is 14.7 Å². The van der Waals surface area contributed by atoms with E-state index in [1.54, 1.807) is 11.1 Å². The minimum atomic E-state index is -4.57. The summed E-state index contributed by atoms with van der Waals surface area (Å²) in [6.45, 7) is 1.54. The molecular weight excluding hydrogens is 397 g/mol. The molecule has 0 N–H and O–H groups in total. The molecule has 158 valence electrons. The van der Waals surface area contributed by atoms with Crippen LogP contribution in [0.5, 0.6) is 5.75 Å². The number of aromatic nitrogens is 2. The fourth-order valence-electron chi connectivity index (χ4n) is 4.08. The van der Waals surface area contributed by atoms with Crippen LogP contribution in [0.2, 0.25) is 0 Å². The number of amides is 1. The molecule has 1 fully saturated rings. The molecule has 1 aliphatic heterocycles. The first kappa shape index (κ1) is 20.3. The average molecular weight is 418 g/mol. The van der Waals surface area contributed by atoms with E-state index in [9.17, 15) is 23.2 Å². The molecule has 1 aromatic carbocycles. The zero-order valence-electron chi connectivity index (χ0n) is 16.4. The fraction of sp³-hybridized carbons (Fsp3) is 0.476. The number of nitriles is 1. The summed E-state index contributed by atoms with van der Waals surface area (Å²) < 4.78 is 45.9. The highest BCUT2D eigenvalue weighted by Gasteiger charge is 2.39. The second-order valence-electron chi connectivity index (χ2n) is 7.79. The van der Waals surface area contributed by atoms with Crippen molar-refractivity contribution >= 4 is 5.91 Å². The number of fused-ring (bicyclic) bond motifs is 1. The molecule has 0 bridgehead atoms. The van der Waals surface area contributed by atoms with Crippen LogP contribution in [0.3, 0.4) is 0 Å². The van der Waals surface area contributed by atoms with Gasteiger partial charge in [0.2, 0.25) is 0 Å². The van der Waals surface area contributed by atoms with Gasteiger partial charge in [-0.15, -0.1) is 0 Å². The number of alkyl halides is 3. The lowest BCUT2D eigenvalue weighted by Crippen LogP contribution is -2.33. The summed E-state index contributed by atoms with van der Waals surface area (Å²) in [6, 6.07) is 6.12.